The molecule has 2 heterocycles. The molecule has 2 aliphatic heterocycles. The van der Waals surface area contributed by atoms with Gasteiger partial charge in [-0.15, -0.1) is 0 Å². The molecule has 0 amide bonds. The molecular formula is C26H28F3NO5. The molecule has 2 aliphatic rings. The fourth-order valence-electron chi connectivity index (χ4n) is 4.88. The van der Waals surface area contributed by atoms with E-state index in [2.05, 4.69) is 6.92 Å². The maximum atomic E-state index is 13.2. The van der Waals surface area contributed by atoms with Gasteiger partial charge in [0.1, 0.15) is 12.4 Å². The van der Waals surface area contributed by atoms with E-state index in [1.807, 2.05) is 35.2 Å². The number of rotatable bonds is 8. The van der Waals surface area contributed by atoms with Crippen LogP contribution in [0, 0.1) is 5.92 Å². The Morgan fingerprint density at radius 1 is 1.03 bits per heavy atom. The molecule has 0 bridgehead atoms. The predicted molar refractivity (Wildman–Crippen MR) is 120 cm³/mol. The summed E-state index contributed by atoms with van der Waals surface area (Å²) >= 11 is 0. The van der Waals surface area contributed by atoms with Crippen LogP contribution in [0.4, 0.5) is 13.2 Å². The second-order valence-electron chi connectivity index (χ2n) is 8.85. The molecule has 0 radical (unpaired) electrons. The van der Waals surface area contributed by atoms with E-state index in [9.17, 15) is 22.8 Å². The van der Waals surface area contributed by atoms with Gasteiger partial charge >= 0.3 is 24.0 Å². The molecule has 0 saturated carbocycles. The van der Waals surface area contributed by atoms with E-state index in [-0.39, 0.29) is 18.3 Å². The standard InChI is InChI=1S/C26H28F3NO5/c1-2-3-7-14-30-15-13-21(18-9-5-4-6-10-18)22(26(30)34-23(31)24(32)35-26)17-33-20-12-8-11-19(16-20)25(27,28)29/h4-6,8-12,16,21-22H,2-3,7,13-15,17H2,1H3. The van der Waals surface area contributed by atoms with Gasteiger partial charge in [0.15, 0.2) is 0 Å². The summed E-state index contributed by atoms with van der Waals surface area (Å²) in [5, 5.41) is 0. The molecule has 0 aromatic heterocycles. The van der Waals surface area contributed by atoms with Crippen LogP contribution >= 0.6 is 0 Å². The van der Waals surface area contributed by atoms with Crippen LogP contribution < -0.4 is 4.74 Å². The molecule has 2 fully saturated rings. The molecule has 9 heteroatoms. The number of hydrogen-bond acceptors (Lipinski definition) is 6. The number of esters is 2. The van der Waals surface area contributed by atoms with Crippen molar-refractivity contribution in [1.82, 2.24) is 4.90 Å². The Kier molecular flexibility index (Phi) is 7.35. The zero-order chi connectivity index (χ0) is 25.1. The molecule has 2 unspecified atom stereocenters. The lowest BCUT2D eigenvalue weighted by molar-refractivity contribution is -0.298. The fraction of sp³-hybridized carbons (Fsp3) is 0.462. The van der Waals surface area contributed by atoms with Gasteiger partial charge in [0, 0.05) is 19.0 Å². The maximum absolute atomic E-state index is 13.2. The summed E-state index contributed by atoms with van der Waals surface area (Å²) in [7, 11) is 0. The number of benzene rings is 2. The molecule has 6 nitrogen and oxygen atoms in total. The highest BCUT2D eigenvalue weighted by Gasteiger charge is 2.62. The second-order valence-corrected chi connectivity index (χ2v) is 8.85. The van der Waals surface area contributed by atoms with Crippen molar-refractivity contribution in [3.63, 3.8) is 0 Å². The quantitative estimate of drug-likeness (QED) is 0.290. The molecule has 188 valence electrons. The van der Waals surface area contributed by atoms with Crippen molar-refractivity contribution in [2.75, 3.05) is 19.7 Å². The van der Waals surface area contributed by atoms with E-state index in [1.54, 1.807) is 0 Å². The second kappa shape index (κ2) is 10.3. The van der Waals surface area contributed by atoms with E-state index < -0.39 is 35.5 Å². The lowest BCUT2D eigenvalue weighted by Crippen LogP contribution is -2.62. The molecule has 0 N–H and O–H groups in total. The van der Waals surface area contributed by atoms with Crippen LogP contribution in [0.3, 0.4) is 0 Å². The van der Waals surface area contributed by atoms with Gasteiger partial charge in [-0.1, -0.05) is 56.2 Å². The summed E-state index contributed by atoms with van der Waals surface area (Å²) in [6.45, 7) is 3.00. The summed E-state index contributed by atoms with van der Waals surface area (Å²) in [6.07, 6.45) is -1.10. The Bertz CT molecular complexity index is 1030. The number of hydrogen-bond donors (Lipinski definition) is 0. The summed E-state index contributed by atoms with van der Waals surface area (Å²) < 4.78 is 56.7. The fourth-order valence-corrected chi connectivity index (χ4v) is 4.88. The molecule has 2 atom stereocenters. The van der Waals surface area contributed by atoms with Gasteiger partial charge in [-0.25, -0.2) is 14.5 Å². The van der Waals surface area contributed by atoms with Crippen LogP contribution in [0.2, 0.25) is 0 Å². The third-order valence-electron chi connectivity index (χ3n) is 6.60. The number of piperidine rings is 1. The lowest BCUT2D eigenvalue weighted by atomic mass is 9.77. The first-order chi connectivity index (χ1) is 16.7. The average molecular weight is 492 g/mol. The normalized spacial score (nSPS) is 22.2. The van der Waals surface area contributed by atoms with Crippen LogP contribution in [0.5, 0.6) is 5.75 Å². The molecule has 2 saturated heterocycles. The van der Waals surface area contributed by atoms with Gasteiger partial charge < -0.3 is 14.2 Å². The summed E-state index contributed by atoms with van der Waals surface area (Å²) in [4.78, 5) is 26.4. The number of likely N-dealkylation sites (tertiary alicyclic amines) is 1. The highest BCUT2D eigenvalue weighted by molar-refractivity contribution is 6.31. The van der Waals surface area contributed by atoms with Crippen molar-refractivity contribution in [1.29, 1.82) is 0 Å². The number of carbonyl (C=O) groups excluding carboxylic acids is 2. The molecule has 4 rings (SSSR count). The van der Waals surface area contributed by atoms with E-state index >= 15 is 0 Å². The van der Waals surface area contributed by atoms with Crippen LogP contribution in [0.25, 0.3) is 0 Å². The monoisotopic (exact) mass is 491 g/mol. The molecule has 2 aromatic rings. The largest absolute Gasteiger partial charge is 0.493 e. The molecular weight excluding hydrogens is 463 g/mol. The number of carbonyl (C=O) groups is 2. The van der Waals surface area contributed by atoms with E-state index in [0.29, 0.717) is 19.5 Å². The Morgan fingerprint density at radius 2 is 1.74 bits per heavy atom. The smallest absolute Gasteiger partial charge is 0.421 e. The topological polar surface area (TPSA) is 65.1 Å². The molecule has 2 aromatic carbocycles. The number of nitrogens with zero attached hydrogens (tertiary/aromatic N) is 1. The van der Waals surface area contributed by atoms with Gasteiger partial charge in [-0.05, 0) is 36.6 Å². The van der Waals surface area contributed by atoms with Crippen molar-refractivity contribution in [3.05, 3.63) is 65.7 Å². The van der Waals surface area contributed by atoms with Crippen LogP contribution in [0.15, 0.2) is 54.6 Å². The zero-order valence-electron chi connectivity index (χ0n) is 19.4. The van der Waals surface area contributed by atoms with Crippen LogP contribution in [-0.4, -0.2) is 42.4 Å². The van der Waals surface area contributed by atoms with Crippen LogP contribution in [-0.2, 0) is 25.2 Å². The minimum Gasteiger partial charge on any atom is -0.493 e. The molecule has 35 heavy (non-hydrogen) atoms. The van der Waals surface area contributed by atoms with Crippen molar-refractivity contribution in [2.24, 2.45) is 5.92 Å². The minimum atomic E-state index is -4.51. The maximum Gasteiger partial charge on any atom is 0.421 e. The summed E-state index contributed by atoms with van der Waals surface area (Å²) in [6, 6.07) is 14.1. The van der Waals surface area contributed by atoms with Crippen molar-refractivity contribution in [2.45, 2.75) is 50.6 Å². The Balaban J connectivity index is 1.68. The zero-order valence-corrected chi connectivity index (χ0v) is 19.4. The SMILES string of the molecule is CCCCCN1CCC(c2ccccc2)C(COc2cccc(C(F)(F)F)c2)C12OC(=O)C(=O)O2. The number of halogens is 3. The van der Waals surface area contributed by atoms with E-state index in [0.717, 1.165) is 37.0 Å². The van der Waals surface area contributed by atoms with Gasteiger partial charge in [0.05, 0.1) is 11.5 Å². The van der Waals surface area contributed by atoms with Gasteiger partial charge in [-0.2, -0.15) is 13.2 Å². The number of alkyl halides is 3. The third kappa shape index (κ3) is 5.29. The first-order valence-corrected chi connectivity index (χ1v) is 11.8. The number of unbranched alkanes of at least 4 members (excludes halogenated alkanes) is 2. The summed E-state index contributed by atoms with van der Waals surface area (Å²) in [5.41, 5.74) is 0.115. The minimum absolute atomic E-state index is 0.0283. The van der Waals surface area contributed by atoms with Gasteiger partial charge in [0.25, 0.3) is 0 Å². The van der Waals surface area contributed by atoms with Gasteiger partial charge in [-0.3, -0.25) is 0 Å². The van der Waals surface area contributed by atoms with Crippen molar-refractivity contribution < 1.29 is 37.0 Å². The lowest BCUT2D eigenvalue weighted by Gasteiger charge is -2.49. The Labute approximate surface area is 202 Å². The highest BCUT2D eigenvalue weighted by atomic mass is 19.4. The van der Waals surface area contributed by atoms with Crippen LogP contribution in [0.1, 0.15) is 49.7 Å². The molecule has 1 spiro atoms. The Hall–Kier alpha value is -3.07. The third-order valence-corrected chi connectivity index (χ3v) is 6.60. The van der Waals surface area contributed by atoms with Crippen molar-refractivity contribution >= 4 is 11.9 Å². The van der Waals surface area contributed by atoms with Gasteiger partial charge in [0.2, 0.25) is 0 Å². The number of ether oxygens (including phenoxy) is 3. The predicted octanol–water partition coefficient (Wildman–Crippen LogP) is 5.13. The Morgan fingerprint density at radius 3 is 2.40 bits per heavy atom. The van der Waals surface area contributed by atoms with E-state index in [4.69, 9.17) is 14.2 Å². The first-order valence-electron chi connectivity index (χ1n) is 11.8. The summed E-state index contributed by atoms with van der Waals surface area (Å²) in [5.74, 6) is -4.69. The first kappa shape index (κ1) is 25.0. The highest BCUT2D eigenvalue weighted by Crippen LogP contribution is 2.47. The molecule has 0 aliphatic carbocycles. The average Bonchev–Trinajstić information content (AvgIpc) is 3.13. The van der Waals surface area contributed by atoms with Crippen molar-refractivity contribution in [3.8, 4) is 5.75 Å². The van der Waals surface area contributed by atoms with E-state index in [1.165, 1.54) is 12.1 Å².